The largest absolute Gasteiger partial charge is 0.358 e. The third-order valence-electron chi connectivity index (χ3n) is 3.21. The van der Waals surface area contributed by atoms with E-state index in [1.165, 1.54) is 43.3 Å². The van der Waals surface area contributed by atoms with E-state index in [0.717, 1.165) is 5.56 Å². The van der Waals surface area contributed by atoms with Crippen molar-refractivity contribution in [3.8, 4) is 6.07 Å². The molecule has 24 heavy (non-hydrogen) atoms. The molecule has 0 N–H and O–H groups in total. The molecule has 0 saturated carbocycles. The normalized spacial score (nSPS) is 11.6. The lowest BCUT2D eigenvalue weighted by Crippen LogP contribution is -2.06. The van der Waals surface area contributed by atoms with Gasteiger partial charge in [-0.2, -0.15) is 13.7 Å². The summed E-state index contributed by atoms with van der Waals surface area (Å²) >= 11 is 0. The molecule has 0 aromatic heterocycles. The van der Waals surface area contributed by atoms with Crippen LogP contribution in [0.1, 0.15) is 28.4 Å². The van der Waals surface area contributed by atoms with Crippen LogP contribution in [0.4, 0.5) is 0 Å². The van der Waals surface area contributed by atoms with E-state index < -0.39 is 10.1 Å². The summed E-state index contributed by atoms with van der Waals surface area (Å²) < 4.78 is 28.7. The summed E-state index contributed by atoms with van der Waals surface area (Å²) in [4.78, 5) is 11.2. The molecule has 0 heterocycles. The fraction of sp³-hybridized carbons (Fsp3) is 0.118. The van der Waals surface area contributed by atoms with Crippen LogP contribution in [0.3, 0.4) is 0 Å². The van der Waals surface area contributed by atoms with Gasteiger partial charge in [0.25, 0.3) is 0 Å². The average Bonchev–Trinajstić information content (AvgIpc) is 2.56. The number of ketones is 1. The number of hydrogen-bond donors (Lipinski definition) is 0. The van der Waals surface area contributed by atoms with Gasteiger partial charge in [0.2, 0.25) is 0 Å². The van der Waals surface area contributed by atoms with E-state index in [2.05, 4.69) is 9.44 Å². The van der Waals surface area contributed by atoms with Gasteiger partial charge in [0.05, 0.1) is 0 Å². The summed E-state index contributed by atoms with van der Waals surface area (Å²) in [5.41, 5.74) is 1.52. The number of rotatable bonds is 5. The molecule has 2 aromatic carbocycles. The van der Waals surface area contributed by atoms with E-state index in [4.69, 9.17) is 5.26 Å². The van der Waals surface area contributed by atoms with Crippen LogP contribution in [-0.2, 0) is 14.4 Å². The zero-order valence-electron chi connectivity index (χ0n) is 13.1. The highest BCUT2D eigenvalue weighted by molar-refractivity contribution is 7.86. The Morgan fingerprint density at radius 2 is 1.58 bits per heavy atom. The van der Waals surface area contributed by atoms with Gasteiger partial charge in [0.15, 0.2) is 11.5 Å². The highest BCUT2D eigenvalue weighted by atomic mass is 32.2. The second-order valence-electron chi connectivity index (χ2n) is 5.03. The van der Waals surface area contributed by atoms with Crippen molar-refractivity contribution < 1.29 is 17.5 Å². The smallest absolute Gasteiger partial charge is 0.295 e. The van der Waals surface area contributed by atoms with Crippen molar-refractivity contribution in [3.63, 3.8) is 0 Å². The standard InChI is InChI=1S/C17H14N2O4S/c1-12-3-9-16(10-4-12)24(21,22)23-19-17(11-18)15-7-5-14(6-8-15)13(2)20/h3-10H,1-2H3/b19-17+. The summed E-state index contributed by atoms with van der Waals surface area (Å²) in [6.45, 7) is 3.25. The molecule has 7 heteroatoms. The van der Waals surface area contributed by atoms with E-state index in [9.17, 15) is 13.2 Å². The quantitative estimate of drug-likeness (QED) is 0.473. The van der Waals surface area contributed by atoms with Crippen LogP contribution in [0.25, 0.3) is 0 Å². The van der Waals surface area contributed by atoms with Crippen LogP contribution >= 0.6 is 0 Å². The maximum atomic E-state index is 12.1. The Balaban J connectivity index is 2.26. The van der Waals surface area contributed by atoms with E-state index in [1.54, 1.807) is 18.2 Å². The van der Waals surface area contributed by atoms with Crippen molar-refractivity contribution in [2.45, 2.75) is 18.7 Å². The summed E-state index contributed by atoms with van der Waals surface area (Å²) in [6, 6.07) is 13.9. The molecule has 122 valence electrons. The van der Waals surface area contributed by atoms with Gasteiger partial charge < -0.3 is 0 Å². The minimum Gasteiger partial charge on any atom is -0.295 e. The first-order valence-electron chi connectivity index (χ1n) is 6.93. The lowest BCUT2D eigenvalue weighted by atomic mass is 10.1. The van der Waals surface area contributed by atoms with E-state index >= 15 is 0 Å². The average molecular weight is 342 g/mol. The number of oxime groups is 1. The van der Waals surface area contributed by atoms with Crippen LogP contribution in [0.2, 0.25) is 0 Å². The Kier molecular flexibility index (Phi) is 5.11. The third kappa shape index (κ3) is 4.06. The van der Waals surface area contributed by atoms with E-state index in [0.29, 0.717) is 11.1 Å². The van der Waals surface area contributed by atoms with Gasteiger partial charge >= 0.3 is 10.1 Å². The van der Waals surface area contributed by atoms with Crippen molar-refractivity contribution in [3.05, 3.63) is 65.2 Å². The van der Waals surface area contributed by atoms with Crippen molar-refractivity contribution in [2.24, 2.45) is 5.16 Å². The minimum atomic E-state index is -4.10. The first kappa shape index (κ1) is 17.4. The van der Waals surface area contributed by atoms with Crippen molar-refractivity contribution in [1.29, 1.82) is 5.26 Å². The van der Waals surface area contributed by atoms with E-state index in [-0.39, 0.29) is 16.4 Å². The predicted octanol–water partition coefficient (Wildman–Crippen LogP) is 2.83. The van der Waals surface area contributed by atoms with Crippen LogP contribution < -0.4 is 0 Å². The van der Waals surface area contributed by atoms with Gasteiger partial charge in [0.1, 0.15) is 11.0 Å². The van der Waals surface area contributed by atoms with Gasteiger partial charge in [0, 0.05) is 11.1 Å². The first-order chi connectivity index (χ1) is 11.3. The summed E-state index contributed by atoms with van der Waals surface area (Å²) in [7, 11) is -4.10. The molecule has 0 radical (unpaired) electrons. The zero-order valence-corrected chi connectivity index (χ0v) is 13.9. The number of benzene rings is 2. The summed E-state index contributed by atoms with van der Waals surface area (Å²) in [5.74, 6) is -0.116. The molecule has 0 unspecified atom stereocenters. The van der Waals surface area contributed by atoms with Crippen LogP contribution in [0.15, 0.2) is 58.6 Å². The molecule has 6 nitrogen and oxygen atoms in total. The van der Waals surface area contributed by atoms with Crippen molar-refractivity contribution >= 4 is 21.6 Å². The highest BCUT2D eigenvalue weighted by Gasteiger charge is 2.16. The number of carbonyl (C=O) groups excluding carboxylic acids is 1. The Bertz CT molecular complexity index is 922. The Labute approximate surface area is 140 Å². The number of nitrogens with zero attached hydrogens (tertiary/aromatic N) is 2. The van der Waals surface area contributed by atoms with E-state index in [1.807, 2.05) is 6.92 Å². The van der Waals surface area contributed by atoms with Crippen LogP contribution in [-0.4, -0.2) is 19.9 Å². The lowest BCUT2D eigenvalue weighted by molar-refractivity contribution is 0.101. The molecule has 2 aromatic rings. The SMILES string of the molecule is CC(=O)c1ccc(/C(C#N)=N/OS(=O)(=O)c2ccc(C)cc2)cc1. The molecule has 2 rings (SSSR count). The molecule has 0 fully saturated rings. The molecule has 0 aliphatic carbocycles. The Hall–Kier alpha value is -2.98. The van der Waals surface area contributed by atoms with Gasteiger partial charge in [-0.05, 0) is 26.0 Å². The number of nitriles is 1. The topological polar surface area (TPSA) is 96.6 Å². The molecule has 0 atom stereocenters. The molecular formula is C17H14N2O4S. The van der Waals surface area contributed by atoms with Crippen molar-refractivity contribution in [2.75, 3.05) is 0 Å². The lowest BCUT2D eigenvalue weighted by Gasteiger charge is -2.03. The van der Waals surface area contributed by atoms with Crippen LogP contribution in [0, 0.1) is 18.3 Å². The Morgan fingerprint density at radius 3 is 2.08 bits per heavy atom. The number of carbonyl (C=O) groups is 1. The molecule has 0 bridgehead atoms. The predicted molar refractivity (Wildman–Crippen MR) is 88.0 cm³/mol. The zero-order chi connectivity index (χ0) is 17.7. The van der Waals surface area contributed by atoms with Crippen LogP contribution in [0.5, 0.6) is 0 Å². The molecular weight excluding hydrogens is 328 g/mol. The number of Topliss-reactive ketones (excluding diaryl/α,β-unsaturated/α-hetero) is 1. The fourth-order valence-corrected chi connectivity index (χ4v) is 2.56. The summed E-state index contributed by atoms with van der Waals surface area (Å²) in [5, 5.41) is 12.6. The highest BCUT2D eigenvalue weighted by Crippen LogP contribution is 2.14. The fourth-order valence-electron chi connectivity index (χ4n) is 1.83. The maximum Gasteiger partial charge on any atom is 0.358 e. The van der Waals surface area contributed by atoms with Crippen molar-refractivity contribution in [1.82, 2.24) is 0 Å². The molecule has 0 amide bonds. The third-order valence-corrected chi connectivity index (χ3v) is 4.33. The van der Waals surface area contributed by atoms with Gasteiger partial charge in [-0.3, -0.25) is 9.08 Å². The second-order valence-corrected chi connectivity index (χ2v) is 6.56. The molecule has 0 aliphatic rings. The molecule has 0 spiro atoms. The maximum absolute atomic E-state index is 12.1. The second kappa shape index (κ2) is 7.06. The Morgan fingerprint density at radius 1 is 1.04 bits per heavy atom. The molecule has 0 saturated heterocycles. The van der Waals surface area contributed by atoms with Gasteiger partial charge in [-0.15, -0.1) is 0 Å². The number of hydrogen-bond acceptors (Lipinski definition) is 6. The van der Waals surface area contributed by atoms with Gasteiger partial charge in [-0.25, -0.2) is 0 Å². The minimum absolute atomic E-state index is 0.0546. The monoisotopic (exact) mass is 342 g/mol. The number of aryl methyl sites for hydroxylation is 1. The van der Waals surface area contributed by atoms with Gasteiger partial charge in [-0.1, -0.05) is 47.1 Å². The first-order valence-corrected chi connectivity index (χ1v) is 8.34. The summed E-state index contributed by atoms with van der Waals surface area (Å²) in [6.07, 6.45) is 0. The molecule has 0 aliphatic heterocycles.